The first-order valence-corrected chi connectivity index (χ1v) is 6.24. The summed E-state index contributed by atoms with van der Waals surface area (Å²) in [4.78, 5) is 0. The summed E-state index contributed by atoms with van der Waals surface area (Å²) in [5.41, 5.74) is 0.760. The van der Waals surface area contributed by atoms with Gasteiger partial charge >= 0.3 is 6.36 Å². The molecule has 1 aliphatic heterocycles. The molecule has 1 aromatic rings. The number of hydrogen-bond donors (Lipinski definition) is 2. The Labute approximate surface area is 111 Å². The molecule has 2 rings (SSSR count). The number of ether oxygens (including phenoxy) is 1. The molecule has 0 bridgehead atoms. The Morgan fingerprint density at radius 1 is 1.22 bits per heavy atom. The van der Waals surface area contributed by atoms with Gasteiger partial charge in [0, 0.05) is 30.1 Å². The van der Waals surface area contributed by atoms with Gasteiger partial charge < -0.3 is 15.4 Å². The normalized spacial score (nSPS) is 20.8. The van der Waals surface area contributed by atoms with Crippen molar-refractivity contribution in [2.24, 2.45) is 0 Å². The van der Waals surface area contributed by atoms with Crippen LogP contribution in [-0.2, 0) is 0 Å². The molecule has 0 unspecified atom stereocenters. The van der Waals surface area contributed by atoms with Gasteiger partial charge in [0.1, 0.15) is 5.75 Å². The van der Waals surface area contributed by atoms with Crippen molar-refractivity contribution in [2.45, 2.75) is 12.4 Å². The van der Waals surface area contributed by atoms with Crippen LogP contribution in [0.3, 0.4) is 0 Å². The Hall–Kier alpha value is -0.790. The Bertz CT molecular complexity index is 419. The summed E-state index contributed by atoms with van der Waals surface area (Å²) in [5, 5.41) is 6.41. The summed E-state index contributed by atoms with van der Waals surface area (Å²) in [5.74, 6) is -0.209. The number of nitrogens with one attached hydrogen (secondary N) is 2. The van der Waals surface area contributed by atoms with Crippen LogP contribution in [0.4, 0.5) is 13.2 Å². The first-order valence-electron chi connectivity index (χ1n) is 5.44. The second kappa shape index (κ2) is 5.46. The van der Waals surface area contributed by atoms with Gasteiger partial charge in [-0.05, 0) is 23.8 Å². The van der Waals surface area contributed by atoms with Crippen molar-refractivity contribution in [2.75, 3.05) is 19.6 Å². The van der Waals surface area contributed by atoms with Gasteiger partial charge in [0.05, 0.1) is 0 Å². The number of piperazine rings is 1. The fraction of sp³-hybridized carbons (Fsp3) is 0.455. The Morgan fingerprint density at radius 2 is 2.00 bits per heavy atom. The summed E-state index contributed by atoms with van der Waals surface area (Å²) in [7, 11) is 0. The lowest BCUT2D eigenvalue weighted by atomic mass is 10.1. The molecule has 1 heterocycles. The van der Waals surface area contributed by atoms with Crippen molar-refractivity contribution in [1.82, 2.24) is 10.6 Å². The molecule has 0 radical (unpaired) electrons. The van der Waals surface area contributed by atoms with Crippen LogP contribution in [0.5, 0.6) is 5.75 Å². The zero-order valence-electron chi connectivity index (χ0n) is 9.35. The number of rotatable bonds is 2. The van der Waals surface area contributed by atoms with E-state index < -0.39 is 6.36 Å². The van der Waals surface area contributed by atoms with E-state index in [-0.39, 0.29) is 11.8 Å². The Balaban J connectivity index is 2.20. The molecular formula is C11H12BrF3N2O. The van der Waals surface area contributed by atoms with Crippen LogP contribution in [0, 0.1) is 0 Å². The fourth-order valence-corrected chi connectivity index (χ4v) is 2.36. The van der Waals surface area contributed by atoms with Crippen molar-refractivity contribution < 1.29 is 17.9 Å². The summed E-state index contributed by atoms with van der Waals surface area (Å²) < 4.78 is 41.0. The van der Waals surface area contributed by atoms with Crippen molar-refractivity contribution in [3.63, 3.8) is 0 Å². The van der Waals surface area contributed by atoms with E-state index in [4.69, 9.17) is 0 Å². The number of benzene rings is 1. The minimum Gasteiger partial charge on any atom is -0.406 e. The first kappa shape index (κ1) is 13.6. The maximum absolute atomic E-state index is 12.2. The van der Waals surface area contributed by atoms with E-state index in [9.17, 15) is 13.2 Å². The molecule has 7 heteroatoms. The monoisotopic (exact) mass is 324 g/mol. The Kier molecular flexibility index (Phi) is 4.14. The summed E-state index contributed by atoms with van der Waals surface area (Å²) in [6, 6.07) is 4.48. The lowest BCUT2D eigenvalue weighted by Crippen LogP contribution is -2.42. The molecule has 100 valence electrons. The summed E-state index contributed by atoms with van der Waals surface area (Å²) in [6.07, 6.45) is -4.67. The molecule has 1 aromatic carbocycles. The molecule has 18 heavy (non-hydrogen) atoms. The molecule has 0 aromatic heterocycles. The van der Waals surface area contributed by atoms with E-state index >= 15 is 0 Å². The van der Waals surface area contributed by atoms with Gasteiger partial charge in [-0.3, -0.25) is 0 Å². The maximum atomic E-state index is 12.2. The zero-order chi connectivity index (χ0) is 13.2. The van der Waals surface area contributed by atoms with Gasteiger partial charge in [-0.15, -0.1) is 13.2 Å². The van der Waals surface area contributed by atoms with Gasteiger partial charge in [-0.1, -0.05) is 15.9 Å². The molecule has 0 aliphatic carbocycles. The molecule has 1 fully saturated rings. The van der Waals surface area contributed by atoms with Crippen LogP contribution in [0.15, 0.2) is 22.7 Å². The molecule has 0 spiro atoms. The largest absolute Gasteiger partial charge is 0.573 e. The van der Waals surface area contributed by atoms with E-state index in [1.807, 2.05) is 0 Å². The average Bonchev–Trinajstić information content (AvgIpc) is 2.27. The van der Waals surface area contributed by atoms with Gasteiger partial charge in [0.25, 0.3) is 0 Å². The van der Waals surface area contributed by atoms with Crippen LogP contribution in [0.2, 0.25) is 0 Å². The highest BCUT2D eigenvalue weighted by Gasteiger charge is 2.31. The van der Waals surface area contributed by atoms with Gasteiger partial charge in [0.2, 0.25) is 0 Å². The third-order valence-electron chi connectivity index (χ3n) is 2.57. The second-order valence-electron chi connectivity index (χ2n) is 3.98. The topological polar surface area (TPSA) is 33.3 Å². The van der Waals surface area contributed by atoms with Gasteiger partial charge in [-0.2, -0.15) is 0 Å². The van der Waals surface area contributed by atoms with E-state index in [1.165, 1.54) is 12.1 Å². The lowest BCUT2D eigenvalue weighted by Gasteiger charge is -2.25. The number of halogens is 4. The van der Waals surface area contributed by atoms with Gasteiger partial charge in [0.15, 0.2) is 0 Å². The highest BCUT2D eigenvalue weighted by atomic mass is 79.9. The van der Waals surface area contributed by atoms with Crippen molar-refractivity contribution >= 4 is 15.9 Å². The van der Waals surface area contributed by atoms with Crippen molar-refractivity contribution in [1.29, 1.82) is 0 Å². The highest BCUT2D eigenvalue weighted by molar-refractivity contribution is 9.10. The molecule has 3 nitrogen and oxygen atoms in total. The first-order chi connectivity index (χ1) is 8.44. The minimum atomic E-state index is -4.67. The predicted octanol–water partition coefficient (Wildman–Crippen LogP) is 2.58. The third-order valence-corrected chi connectivity index (χ3v) is 3.03. The van der Waals surface area contributed by atoms with E-state index in [0.717, 1.165) is 18.7 Å². The second-order valence-corrected chi connectivity index (χ2v) is 4.89. The third kappa shape index (κ3) is 3.86. The Morgan fingerprint density at radius 3 is 2.61 bits per heavy atom. The predicted molar refractivity (Wildman–Crippen MR) is 64.4 cm³/mol. The molecule has 1 atom stereocenters. The number of alkyl halides is 3. The smallest absolute Gasteiger partial charge is 0.406 e. The average molecular weight is 325 g/mol. The van der Waals surface area contributed by atoms with Crippen LogP contribution >= 0.6 is 15.9 Å². The molecule has 2 N–H and O–H groups in total. The molecular weight excluding hydrogens is 313 g/mol. The van der Waals surface area contributed by atoms with Crippen LogP contribution in [0.25, 0.3) is 0 Å². The minimum absolute atomic E-state index is 0.00756. The van der Waals surface area contributed by atoms with Crippen LogP contribution in [-0.4, -0.2) is 26.0 Å². The van der Waals surface area contributed by atoms with E-state index in [2.05, 4.69) is 31.3 Å². The van der Waals surface area contributed by atoms with E-state index in [1.54, 1.807) is 6.07 Å². The fourth-order valence-electron chi connectivity index (χ4n) is 1.87. The van der Waals surface area contributed by atoms with Crippen molar-refractivity contribution in [3.05, 3.63) is 28.2 Å². The standard InChI is InChI=1S/C11H12BrF3N2O/c12-8-3-7(10-6-16-1-2-17-10)4-9(5-8)18-11(13,14)15/h3-5,10,16-17H,1-2,6H2/t10-/m0/s1. The lowest BCUT2D eigenvalue weighted by molar-refractivity contribution is -0.274. The summed E-state index contributed by atoms with van der Waals surface area (Å²) >= 11 is 3.19. The SMILES string of the molecule is FC(F)(F)Oc1cc(Br)cc([C@@H]2CNCCN2)c1. The molecule has 1 aliphatic rings. The summed E-state index contributed by atoms with van der Waals surface area (Å²) in [6.45, 7) is 2.32. The van der Waals surface area contributed by atoms with Crippen LogP contribution < -0.4 is 15.4 Å². The highest BCUT2D eigenvalue weighted by Crippen LogP contribution is 2.29. The van der Waals surface area contributed by atoms with Crippen molar-refractivity contribution in [3.8, 4) is 5.75 Å². The van der Waals surface area contributed by atoms with E-state index in [0.29, 0.717) is 11.0 Å². The van der Waals surface area contributed by atoms with Crippen LogP contribution in [0.1, 0.15) is 11.6 Å². The quantitative estimate of drug-likeness (QED) is 0.877. The maximum Gasteiger partial charge on any atom is 0.573 e. The molecule has 0 amide bonds. The number of hydrogen-bond acceptors (Lipinski definition) is 3. The molecule has 1 saturated heterocycles. The van der Waals surface area contributed by atoms with Gasteiger partial charge in [-0.25, -0.2) is 0 Å². The zero-order valence-corrected chi connectivity index (χ0v) is 10.9. The molecule has 0 saturated carbocycles.